The monoisotopic (exact) mass is 228 g/mol. The summed E-state index contributed by atoms with van der Waals surface area (Å²) >= 11 is 0. The second kappa shape index (κ2) is 4.20. The Morgan fingerprint density at radius 1 is 1.56 bits per heavy atom. The average Bonchev–Trinajstić information content (AvgIpc) is 2.60. The summed E-state index contributed by atoms with van der Waals surface area (Å²) in [7, 11) is 0. The van der Waals surface area contributed by atoms with Crippen LogP contribution in [-0.4, -0.2) is 45.2 Å². The first-order chi connectivity index (χ1) is 7.63. The maximum Gasteiger partial charge on any atom is 0.328 e. The standard InChI is InChI=1S/C9H12N2O5/c12-3-6-8(14)5(4-16-6)11-2-1-7(13)10-9(11)15/h1-2,5-6,8,12,14H,3-4H2,(H,10,13,15)/t5-,6-,8+/m1/s1. The first-order valence-corrected chi connectivity index (χ1v) is 4.85. The molecule has 0 amide bonds. The number of rotatable bonds is 2. The van der Waals surface area contributed by atoms with Crippen LogP contribution in [0.2, 0.25) is 0 Å². The number of H-pyrrole nitrogens is 1. The second-order valence-electron chi connectivity index (χ2n) is 3.63. The van der Waals surface area contributed by atoms with Crippen LogP contribution in [0.3, 0.4) is 0 Å². The van der Waals surface area contributed by atoms with Crippen LogP contribution in [0.5, 0.6) is 0 Å². The molecule has 2 rings (SSSR count). The molecule has 1 saturated heterocycles. The van der Waals surface area contributed by atoms with Gasteiger partial charge in [0.2, 0.25) is 0 Å². The van der Waals surface area contributed by atoms with Crippen molar-refractivity contribution in [2.45, 2.75) is 18.2 Å². The van der Waals surface area contributed by atoms with Gasteiger partial charge in [0.15, 0.2) is 0 Å². The maximum absolute atomic E-state index is 11.4. The molecule has 0 unspecified atom stereocenters. The fraction of sp³-hybridized carbons (Fsp3) is 0.556. The summed E-state index contributed by atoms with van der Waals surface area (Å²) in [4.78, 5) is 24.4. The van der Waals surface area contributed by atoms with Gasteiger partial charge in [0.25, 0.3) is 5.56 Å². The van der Waals surface area contributed by atoms with E-state index in [1.807, 2.05) is 0 Å². The molecule has 0 radical (unpaired) electrons. The Balaban J connectivity index is 2.32. The number of hydrogen-bond donors (Lipinski definition) is 3. The Hall–Kier alpha value is -1.44. The van der Waals surface area contributed by atoms with Crippen molar-refractivity contribution in [3.63, 3.8) is 0 Å². The molecule has 3 atom stereocenters. The molecule has 7 nitrogen and oxygen atoms in total. The zero-order valence-corrected chi connectivity index (χ0v) is 8.37. The van der Waals surface area contributed by atoms with Crippen LogP contribution in [0.1, 0.15) is 6.04 Å². The fourth-order valence-electron chi connectivity index (χ4n) is 1.76. The number of aliphatic hydroxyl groups excluding tert-OH is 2. The molecule has 1 aromatic rings. The van der Waals surface area contributed by atoms with E-state index in [9.17, 15) is 14.7 Å². The maximum atomic E-state index is 11.4. The van der Waals surface area contributed by atoms with Crippen LogP contribution in [0.25, 0.3) is 0 Å². The van der Waals surface area contributed by atoms with Crippen molar-refractivity contribution in [2.75, 3.05) is 13.2 Å². The Morgan fingerprint density at radius 2 is 2.31 bits per heavy atom. The molecule has 7 heteroatoms. The summed E-state index contributed by atoms with van der Waals surface area (Å²) in [6.45, 7) is -0.186. The van der Waals surface area contributed by atoms with Crippen molar-refractivity contribution in [1.29, 1.82) is 0 Å². The third kappa shape index (κ3) is 1.80. The molecular formula is C9H12N2O5. The zero-order chi connectivity index (χ0) is 11.7. The zero-order valence-electron chi connectivity index (χ0n) is 8.37. The van der Waals surface area contributed by atoms with Gasteiger partial charge in [-0.15, -0.1) is 0 Å². The van der Waals surface area contributed by atoms with Gasteiger partial charge in [-0.1, -0.05) is 0 Å². The van der Waals surface area contributed by atoms with Crippen LogP contribution in [-0.2, 0) is 4.74 Å². The Bertz CT molecular complexity index is 479. The molecule has 1 fully saturated rings. The van der Waals surface area contributed by atoms with Crippen molar-refractivity contribution in [3.05, 3.63) is 33.1 Å². The molecule has 0 aromatic carbocycles. The fourth-order valence-corrected chi connectivity index (χ4v) is 1.76. The van der Waals surface area contributed by atoms with Crippen LogP contribution >= 0.6 is 0 Å². The number of hydrogen-bond acceptors (Lipinski definition) is 5. The van der Waals surface area contributed by atoms with E-state index >= 15 is 0 Å². The second-order valence-corrected chi connectivity index (χ2v) is 3.63. The molecular weight excluding hydrogens is 216 g/mol. The molecule has 1 aromatic heterocycles. The van der Waals surface area contributed by atoms with Crippen LogP contribution in [0.4, 0.5) is 0 Å². The first kappa shape index (κ1) is 11.1. The number of nitrogens with zero attached hydrogens (tertiary/aromatic N) is 1. The van der Waals surface area contributed by atoms with Crippen LogP contribution in [0, 0.1) is 0 Å². The van der Waals surface area contributed by atoms with E-state index in [2.05, 4.69) is 4.98 Å². The minimum atomic E-state index is -0.964. The molecule has 1 aliphatic rings. The number of ether oxygens (including phenoxy) is 1. The minimum absolute atomic E-state index is 0.123. The molecule has 88 valence electrons. The summed E-state index contributed by atoms with van der Waals surface area (Å²) in [5.41, 5.74) is -1.09. The summed E-state index contributed by atoms with van der Waals surface area (Å²) < 4.78 is 6.31. The van der Waals surface area contributed by atoms with Crippen molar-refractivity contribution >= 4 is 0 Å². The highest BCUT2D eigenvalue weighted by Gasteiger charge is 2.36. The number of aromatic amines is 1. The molecule has 3 N–H and O–H groups in total. The van der Waals surface area contributed by atoms with Gasteiger partial charge < -0.3 is 14.9 Å². The third-order valence-corrected chi connectivity index (χ3v) is 2.64. The summed E-state index contributed by atoms with van der Waals surface area (Å²) in [5.74, 6) is 0. The Labute approximate surface area is 89.9 Å². The van der Waals surface area contributed by atoms with Gasteiger partial charge in [0.05, 0.1) is 19.3 Å². The lowest BCUT2D eigenvalue weighted by atomic mass is 10.1. The quantitative estimate of drug-likeness (QED) is 0.534. The normalized spacial score (nSPS) is 29.5. The molecule has 2 heterocycles. The van der Waals surface area contributed by atoms with E-state index < -0.39 is 29.5 Å². The summed E-state index contributed by atoms with van der Waals surface area (Å²) in [5, 5.41) is 18.6. The minimum Gasteiger partial charge on any atom is -0.394 e. The van der Waals surface area contributed by atoms with E-state index in [1.165, 1.54) is 16.8 Å². The molecule has 0 saturated carbocycles. The van der Waals surface area contributed by atoms with Gasteiger partial charge >= 0.3 is 5.69 Å². The molecule has 0 spiro atoms. The van der Waals surface area contributed by atoms with E-state index in [0.29, 0.717) is 0 Å². The highest BCUT2D eigenvalue weighted by atomic mass is 16.5. The van der Waals surface area contributed by atoms with Gasteiger partial charge in [0.1, 0.15) is 12.2 Å². The predicted octanol–water partition coefficient (Wildman–Crippen LogP) is -2.17. The van der Waals surface area contributed by atoms with Gasteiger partial charge in [-0.2, -0.15) is 0 Å². The van der Waals surface area contributed by atoms with Crippen molar-refractivity contribution in [3.8, 4) is 0 Å². The highest BCUT2D eigenvalue weighted by molar-refractivity contribution is 4.93. The third-order valence-electron chi connectivity index (χ3n) is 2.64. The lowest BCUT2D eigenvalue weighted by Gasteiger charge is -2.17. The summed E-state index contributed by atoms with van der Waals surface area (Å²) in [6.07, 6.45) is -0.351. The van der Waals surface area contributed by atoms with Gasteiger partial charge in [-0.25, -0.2) is 4.79 Å². The Kier molecular flexibility index (Phi) is 2.90. The molecule has 1 aliphatic heterocycles. The predicted molar refractivity (Wildman–Crippen MR) is 53.2 cm³/mol. The van der Waals surface area contributed by atoms with Crippen molar-refractivity contribution < 1.29 is 14.9 Å². The van der Waals surface area contributed by atoms with E-state index in [0.717, 1.165) is 0 Å². The van der Waals surface area contributed by atoms with Crippen LogP contribution < -0.4 is 11.2 Å². The van der Waals surface area contributed by atoms with E-state index in [1.54, 1.807) is 0 Å². The smallest absolute Gasteiger partial charge is 0.328 e. The van der Waals surface area contributed by atoms with Crippen molar-refractivity contribution in [1.82, 2.24) is 9.55 Å². The van der Waals surface area contributed by atoms with Gasteiger partial charge in [0, 0.05) is 12.3 Å². The topological polar surface area (TPSA) is 105 Å². The lowest BCUT2D eigenvalue weighted by Crippen LogP contribution is -2.38. The number of aliphatic hydroxyl groups is 2. The SMILES string of the molecule is O=c1ccn([C@@H]2CO[C@H](CO)[C@H]2O)c(=O)[nH]1. The van der Waals surface area contributed by atoms with Gasteiger partial charge in [-0.05, 0) is 0 Å². The van der Waals surface area contributed by atoms with E-state index in [4.69, 9.17) is 9.84 Å². The average molecular weight is 228 g/mol. The number of nitrogens with one attached hydrogen (secondary N) is 1. The van der Waals surface area contributed by atoms with E-state index in [-0.39, 0.29) is 13.2 Å². The molecule has 16 heavy (non-hydrogen) atoms. The largest absolute Gasteiger partial charge is 0.394 e. The highest BCUT2D eigenvalue weighted by Crippen LogP contribution is 2.22. The summed E-state index contributed by atoms with van der Waals surface area (Å²) in [6, 6.07) is 0.613. The first-order valence-electron chi connectivity index (χ1n) is 4.85. The van der Waals surface area contributed by atoms with Crippen LogP contribution in [0.15, 0.2) is 21.9 Å². The number of aromatic nitrogens is 2. The Morgan fingerprint density at radius 3 is 2.88 bits per heavy atom. The molecule has 0 bridgehead atoms. The lowest BCUT2D eigenvalue weighted by molar-refractivity contribution is 0.00189. The molecule has 0 aliphatic carbocycles. The van der Waals surface area contributed by atoms with Crippen molar-refractivity contribution in [2.24, 2.45) is 0 Å². The van der Waals surface area contributed by atoms with Gasteiger partial charge in [-0.3, -0.25) is 14.3 Å².